The van der Waals surface area contributed by atoms with Crippen molar-refractivity contribution in [3.63, 3.8) is 0 Å². The molecule has 0 aliphatic rings. The molecule has 21 heavy (non-hydrogen) atoms. The van der Waals surface area contributed by atoms with Crippen LogP contribution >= 0.6 is 0 Å². The average molecular weight is 296 g/mol. The predicted octanol–water partition coefficient (Wildman–Crippen LogP) is 1.02. The molecule has 1 aromatic carbocycles. The molecule has 0 saturated heterocycles. The molecule has 0 aliphatic heterocycles. The Morgan fingerprint density at radius 2 is 1.90 bits per heavy atom. The number of nitrogens with one attached hydrogen (secondary N) is 1. The molecule has 0 aromatic heterocycles. The monoisotopic (exact) mass is 296 g/mol. The highest BCUT2D eigenvalue weighted by Crippen LogP contribution is 2.25. The van der Waals surface area contributed by atoms with E-state index in [0.717, 1.165) is 5.56 Å². The second-order valence-electron chi connectivity index (χ2n) is 4.39. The number of imide groups is 1. The Labute approximate surface area is 123 Å². The van der Waals surface area contributed by atoms with E-state index < -0.39 is 12.0 Å². The summed E-state index contributed by atoms with van der Waals surface area (Å²) < 4.78 is 14.8. The van der Waals surface area contributed by atoms with Gasteiger partial charge in [-0.3, -0.25) is 15.0 Å². The third-order valence-corrected chi connectivity index (χ3v) is 2.77. The highest BCUT2D eigenvalue weighted by molar-refractivity contribution is 5.92. The molecule has 2 amide bonds. The molecule has 116 valence electrons. The standard InChI is InChI=1S/C14H20N2O5/c1-16(9-13(17)15-14(18)21-4)8-10-5-6-11(19-2)7-12(10)20-3/h5-7H,8-9H2,1-4H3,(H,15,17,18). The van der Waals surface area contributed by atoms with E-state index in [4.69, 9.17) is 9.47 Å². The molecule has 0 atom stereocenters. The zero-order valence-corrected chi connectivity index (χ0v) is 12.6. The molecular weight excluding hydrogens is 276 g/mol. The van der Waals surface area contributed by atoms with Gasteiger partial charge in [-0.1, -0.05) is 6.07 Å². The molecule has 7 heteroatoms. The van der Waals surface area contributed by atoms with Crippen molar-refractivity contribution in [1.29, 1.82) is 0 Å². The number of rotatable bonds is 6. The molecule has 7 nitrogen and oxygen atoms in total. The van der Waals surface area contributed by atoms with Gasteiger partial charge >= 0.3 is 6.09 Å². The van der Waals surface area contributed by atoms with Gasteiger partial charge in [0.1, 0.15) is 11.5 Å². The summed E-state index contributed by atoms with van der Waals surface area (Å²) in [5.41, 5.74) is 0.909. The normalized spacial score (nSPS) is 10.1. The van der Waals surface area contributed by atoms with Gasteiger partial charge < -0.3 is 14.2 Å². The second-order valence-corrected chi connectivity index (χ2v) is 4.39. The Morgan fingerprint density at radius 1 is 1.19 bits per heavy atom. The summed E-state index contributed by atoms with van der Waals surface area (Å²) in [6.07, 6.45) is -0.768. The largest absolute Gasteiger partial charge is 0.497 e. The molecule has 0 saturated carbocycles. The smallest absolute Gasteiger partial charge is 0.413 e. The molecule has 0 heterocycles. The van der Waals surface area contributed by atoms with Crippen LogP contribution < -0.4 is 14.8 Å². The van der Waals surface area contributed by atoms with Gasteiger partial charge in [-0.15, -0.1) is 0 Å². The number of likely N-dealkylation sites (N-methyl/N-ethyl adjacent to an activating group) is 1. The quantitative estimate of drug-likeness (QED) is 0.844. The predicted molar refractivity (Wildman–Crippen MR) is 76.4 cm³/mol. The minimum Gasteiger partial charge on any atom is -0.497 e. The Kier molecular flexibility index (Phi) is 6.48. The molecule has 0 unspecified atom stereocenters. The van der Waals surface area contributed by atoms with E-state index in [-0.39, 0.29) is 6.54 Å². The summed E-state index contributed by atoms with van der Waals surface area (Å²) in [4.78, 5) is 24.2. The Morgan fingerprint density at radius 3 is 2.48 bits per heavy atom. The molecule has 1 aromatic rings. The lowest BCUT2D eigenvalue weighted by Gasteiger charge is -2.18. The molecule has 0 aliphatic carbocycles. The van der Waals surface area contributed by atoms with Crippen LogP contribution in [0.25, 0.3) is 0 Å². The van der Waals surface area contributed by atoms with Gasteiger partial charge in [0, 0.05) is 18.2 Å². The number of nitrogens with zero attached hydrogens (tertiary/aromatic N) is 1. The molecular formula is C14H20N2O5. The lowest BCUT2D eigenvalue weighted by molar-refractivity contribution is -0.121. The number of alkyl carbamates (subject to hydrolysis) is 1. The first-order chi connectivity index (χ1) is 9.99. The van der Waals surface area contributed by atoms with Crippen LogP contribution in [0.2, 0.25) is 0 Å². The van der Waals surface area contributed by atoms with E-state index in [0.29, 0.717) is 18.0 Å². The summed E-state index contributed by atoms with van der Waals surface area (Å²) in [6, 6.07) is 5.46. The maximum Gasteiger partial charge on any atom is 0.413 e. The fourth-order valence-electron chi connectivity index (χ4n) is 1.78. The van der Waals surface area contributed by atoms with Crippen LogP contribution in [0.5, 0.6) is 11.5 Å². The number of methoxy groups -OCH3 is 3. The van der Waals surface area contributed by atoms with Gasteiger partial charge in [0.25, 0.3) is 0 Å². The van der Waals surface area contributed by atoms with Crippen LogP contribution in [0, 0.1) is 0 Å². The van der Waals surface area contributed by atoms with Gasteiger partial charge in [-0.05, 0) is 13.1 Å². The van der Waals surface area contributed by atoms with Crippen LogP contribution in [0.3, 0.4) is 0 Å². The van der Waals surface area contributed by atoms with Crippen LogP contribution in [-0.2, 0) is 16.1 Å². The lowest BCUT2D eigenvalue weighted by Crippen LogP contribution is -2.38. The average Bonchev–Trinajstić information content (AvgIpc) is 2.47. The van der Waals surface area contributed by atoms with Crippen molar-refractivity contribution < 1.29 is 23.8 Å². The van der Waals surface area contributed by atoms with E-state index in [2.05, 4.69) is 10.1 Å². The van der Waals surface area contributed by atoms with Crippen LogP contribution in [-0.4, -0.2) is 51.8 Å². The second kappa shape index (κ2) is 8.11. The van der Waals surface area contributed by atoms with E-state index in [9.17, 15) is 9.59 Å². The zero-order chi connectivity index (χ0) is 15.8. The molecule has 0 bridgehead atoms. The maximum atomic E-state index is 11.6. The lowest BCUT2D eigenvalue weighted by atomic mass is 10.2. The fraction of sp³-hybridized carbons (Fsp3) is 0.429. The Hall–Kier alpha value is -2.28. The first-order valence-corrected chi connectivity index (χ1v) is 6.27. The van der Waals surface area contributed by atoms with Crippen molar-refractivity contribution in [3.05, 3.63) is 23.8 Å². The number of ether oxygens (including phenoxy) is 3. The minimum atomic E-state index is -0.768. The summed E-state index contributed by atoms with van der Waals surface area (Å²) in [5, 5.41) is 2.10. The number of benzene rings is 1. The number of carbonyl (C=O) groups excluding carboxylic acids is 2. The molecule has 0 fully saturated rings. The Bertz CT molecular complexity index is 504. The minimum absolute atomic E-state index is 0.0598. The maximum absolute atomic E-state index is 11.6. The molecule has 0 spiro atoms. The van der Waals surface area contributed by atoms with Crippen molar-refractivity contribution >= 4 is 12.0 Å². The Balaban J connectivity index is 2.64. The van der Waals surface area contributed by atoms with Crippen LogP contribution in [0.15, 0.2) is 18.2 Å². The molecule has 1 rings (SSSR count). The van der Waals surface area contributed by atoms with Crippen molar-refractivity contribution in [3.8, 4) is 11.5 Å². The summed E-state index contributed by atoms with van der Waals surface area (Å²) in [7, 11) is 6.12. The highest BCUT2D eigenvalue weighted by Gasteiger charge is 2.13. The number of hydrogen-bond donors (Lipinski definition) is 1. The number of carbonyl (C=O) groups is 2. The van der Waals surface area contributed by atoms with Crippen molar-refractivity contribution in [2.75, 3.05) is 34.9 Å². The van der Waals surface area contributed by atoms with Gasteiger partial charge in [-0.25, -0.2) is 4.79 Å². The highest BCUT2D eigenvalue weighted by atomic mass is 16.5. The van der Waals surface area contributed by atoms with E-state index >= 15 is 0 Å². The summed E-state index contributed by atoms with van der Waals surface area (Å²) in [5.74, 6) is 0.938. The third kappa shape index (κ3) is 5.31. The first kappa shape index (κ1) is 16.8. The molecule has 0 radical (unpaired) electrons. The third-order valence-electron chi connectivity index (χ3n) is 2.77. The van der Waals surface area contributed by atoms with E-state index in [1.54, 1.807) is 32.2 Å². The van der Waals surface area contributed by atoms with Crippen molar-refractivity contribution in [2.45, 2.75) is 6.54 Å². The van der Waals surface area contributed by atoms with Crippen LogP contribution in [0.4, 0.5) is 4.79 Å². The van der Waals surface area contributed by atoms with Crippen molar-refractivity contribution in [2.24, 2.45) is 0 Å². The van der Waals surface area contributed by atoms with Crippen molar-refractivity contribution in [1.82, 2.24) is 10.2 Å². The summed E-state index contributed by atoms with van der Waals surface area (Å²) >= 11 is 0. The van der Waals surface area contributed by atoms with Gasteiger partial charge in [0.2, 0.25) is 5.91 Å². The van der Waals surface area contributed by atoms with Gasteiger partial charge in [0.15, 0.2) is 0 Å². The SMILES string of the molecule is COC(=O)NC(=O)CN(C)Cc1ccc(OC)cc1OC. The fourth-order valence-corrected chi connectivity index (χ4v) is 1.78. The zero-order valence-electron chi connectivity index (χ0n) is 12.6. The molecule has 1 N–H and O–H groups in total. The topological polar surface area (TPSA) is 77.1 Å². The van der Waals surface area contributed by atoms with E-state index in [1.165, 1.54) is 7.11 Å². The van der Waals surface area contributed by atoms with Gasteiger partial charge in [-0.2, -0.15) is 0 Å². The first-order valence-electron chi connectivity index (χ1n) is 6.27. The summed E-state index contributed by atoms with van der Waals surface area (Å²) in [6.45, 7) is 0.548. The van der Waals surface area contributed by atoms with Gasteiger partial charge in [0.05, 0.1) is 27.9 Å². The van der Waals surface area contributed by atoms with Crippen LogP contribution in [0.1, 0.15) is 5.56 Å². The number of amides is 2. The number of hydrogen-bond acceptors (Lipinski definition) is 6. The van der Waals surface area contributed by atoms with E-state index in [1.807, 2.05) is 12.1 Å².